The molecule has 1 aromatic heterocycles. The zero-order valence-corrected chi connectivity index (χ0v) is 28.7. The highest BCUT2D eigenvalue weighted by Crippen LogP contribution is 2.34. The first-order valence-corrected chi connectivity index (χ1v) is 16.2. The minimum Gasteiger partial charge on any atom is -0.493 e. The number of benzene rings is 4. The Kier molecular flexibility index (Phi) is 10.7. The summed E-state index contributed by atoms with van der Waals surface area (Å²) in [6.07, 6.45) is 1.52. The molecule has 4 aromatic carbocycles. The van der Waals surface area contributed by atoms with Crippen molar-refractivity contribution < 1.29 is 19.1 Å². The lowest BCUT2D eigenvalue weighted by Gasteiger charge is -2.14. The van der Waals surface area contributed by atoms with Gasteiger partial charge in [0.05, 0.1) is 22.6 Å². The standard InChI is InChI=1S/C35H32IN5O4S/c1-21-5-12-27(13-6-21)38-35-40-30(20-46-35)25-8-10-26(11-9-25)34(43)41-37-18-24-16-28(36)33(31(17-24)44-4)45-19-32(42)39-29-14-7-22(2)15-23(29)3/h5-18,20H,19H2,1-4H3,(H,38,40)(H,39,42)(H,41,43)/b37-18+. The van der Waals surface area contributed by atoms with Crippen LogP contribution in [0.4, 0.5) is 16.5 Å². The van der Waals surface area contributed by atoms with Crippen molar-refractivity contribution in [2.24, 2.45) is 5.10 Å². The fourth-order valence-electron chi connectivity index (χ4n) is 4.48. The lowest BCUT2D eigenvalue weighted by Crippen LogP contribution is -2.21. The number of hydrazone groups is 1. The van der Waals surface area contributed by atoms with Crippen molar-refractivity contribution in [1.29, 1.82) is 0 Å². The molecule has 5 aromatic rings. The van der Waals surface area contributed by atoms with Gasteiger partial charge >= 0.3 is 0 Å². The van der Waals surface area contributed by atoms with E-state index in [0.717, 1.165) is 42.5 Å². The third kappa shape index (κ3) is 8.49. The molecule has 11 heteroatoms. The van der Waals surface area contributed by atoms with E-state index in [4.69, 9.17) is 9.47 Å². The Labute approximate surface area is 285 Å². The van der Waals surface area contributed by atoms with Gasteiger partial charge in [-0.2, -0.15) is 5.10 Å². The maximum Gasteiger partial charge on any atom is 0.271 e. The summed E-state index contributed by atoms with van der Waals surface area (Å²) in [4.78, 5) is 30.0. The molecule has 0 aliphatic carbocycles. The van der Waals surface area contributed by atoms with Crippen molar-refractivity contribution in [3.05, 3.63) is 116 Å². The summed E-state index contributed by atoms with van der Waals surface area (Å²) in [6.45, 7) is 5.81. The number of methoxy groups -OCH3 is 1. The average molecular weight is 746 g/mol. The molecule has 0 bridgehead atoms. The van der Waals surface area contributed by atoms with Crippen LogP contribution in [0.15, 0.2) is 89.3 Å². The Bertz CT molecular complexity index is 1890. The van der Waals surface area contributed by atoms with Crippen LogP contribution in [0.2, 0.25) is 0 Å². The summed E-state index contributed by atoms with van der Waals surface area (Å²) in [6, 6.07) is 24.7. The number of aryl methyl sites for hydroxylation is 3. The van der Waals surface area contributed by atoms with Crippen LogP contribution in [-0.4, -0.2) is 36.7 Å². The fourth-order valence-corrected chi connectivity index (χ4v) is 6.00. The molecular weight excluding hydrogens is 713 g/mol. The number of anilines is 3. The van der Waals surface area contributed by atoms with Crippen molar-refractivity contribution in [2.45, 2.75) is 20.8 Å². The van der Waals surface area contributed by atoms with Gasteiger partial charge in [-0.25, -0.2) is 10.4 Å². The smallest absolute Gasteiger partial charge is 0.271 e. The first kappa shape index (κ1) is 32.6. The van der Waals surface area contributed by atoms with E-state index in [1.165, 1.54) is 30.2 Å². The summed E-state index contributed by atoms with van der Waals surface area (Å²) in [5, 5.41) is 13.1. The number of rotatable bonds is 11. The predicted octanol–water partition coefficient (Wildman–Crippen LogP) is 7.87. The van der Waals surface area contributed by atoms with Gasteiger partial charge in [-0.15, -0.1) is 11.3 Å². The van der Waals surface area contributed by atoms with Gasteiger partial charge in [0.2, 0.25) is 0 Å². The number of hydrogen-bond acceptors (Lipinski definition) is 8. The summed E-state index contributed by atoms with van der Waals surface area (Å²) in [5.74, 6) is 0.254. The maximum absolute atomic E-state index is 12.7. The van der Waals surface area contributed by atoms with Gasteiger partial charge in [0.1, 0.15) is 0 Å². The number of carbonyl (C=O) groups excluding carboxylic acids is 2. The summed E-state index contributed by atoms with van der Waals surface area (Å²) in [5.41, 5.74) is 10.4. The summed E-state index contributed by atoms with van der Waals surface area (Å²) >= 11 is 3.63. The molecule has 46 heavy (non-hydrogen) atoms. The Balaban J connectivity index is 1.16. The molecule has 0 unspecified atom stereocenters. The first-order chi connectivity index (χ1) is 22.2. The van der Waals surface area contributed by atoms with Gasteiger partial charge in [-0.1, -0.05) is 47.5 Å². The van der Waals surface area contributed by atoms with Crippen LogP contribution in [0.3, 0.4) is 0 Å². The number of nitrogens with one attached hydrogen (secondary N) is 3. The van der Waals surface area contributed by atoms with E-state index >= 15 is 0 Å². The normalized spacial score (nSPS) is 10.9. The highest BCUT2D eigenvalue weighted by Gasteiger charge is 2.14. The molecule has 5 rings (SSSR count). The minimum atomic E-state index is -0.348. The van der Waals surface area contributed by atoms with E-state index in [0.29, 0.717) is 22.6 Å². The number of carbonyl (C=O) groups is 2. The predicted molar refractivity (Wildman–Crippen MR) is 193 cm³/mol. The van der Waals surface area contributed by atoms with Crippen molar-refractivity contribution in [3.8, 4) is 22.8 Å². The number of hydrogen-bond donors (Lipinski definition) is 3. The molecular formula is C35H32IN5O4S. The second-order valence-corrected chi connectivity index (χ2v) is 12.5. The van der Waals surface area contributed by atoms with E-state index in [1.807, 2.05) is 79.9 Å². The molecule has 0 saturated heterocycles. The van der Waals surface area contributed by atoms with E-state index in [9.17, 15) is 9.59 Å². The van der Waals surface area contributed by atoms with Crippen LogP contribution in [0.5, 0.6) is 11.5 Å². The van der Waals surface area contributed by atoms with Crippen LogP contribution in [0.25, 0.3) is 11.3 Å². The molecule has 9 nitrogen and oxygen atoms in total. The van der Waals surface area contributed by atoms with Crippen LogP contribution in [-0.2, 0) is 4.79 Å². The van der Waals surface area contributed by atoms with Crippen molar-refractivity contribution in [3.63, 3.8) is 0 Å². The summed E-state index contributed by atoms with van der Waals surface area (Å²) in [7, 11) is 1.52. The minimum absolute atomic E-state index is 0.185. The van der Waals surface area contributed by atoms with Crippen LogP contribution in [0, 0.1) is 24.3 Å². The van der Waals surface area contributed by atoms with E-state index < -0.39 is 0 Å². The Morgan fingerprint density at radius 3 is 2.41 bits per heavy atom. The first-order valence-electron chi connectivity index (χ1n) is 14.3. The lowest BCUT2D eigenvalue weighted by atomic mass is 10.1. The van der Waals surface area contributed by atoms with Crippen LogP contribution >= 0.6 is 33.9 Å². The Morgan fingerprint density at radius 2 is 1.70 bits per heavy atom. The number of halogens is 1. The van der Waals surface area contributed by atoms with E-state index in [-0.39, 0.29) is 18.4 Å². The lowest BCUT2D eigenvalue weighted by molar-refractivity contribution is -0.118. The SMILES string of the molecule is COc1cc(/C=N/NC(=O)c2ccc(-c3csc(Nc4ccc(C)cc4)n3)cc2)cc(I)c1OCC(=O)Nc1ccc(C)cc1C. The molecule has 3 N–H and O–H groups in total. The molecule has 1 heterocycles. The Hall–Kier alpha value is -4.75. The molecule has 0 spiro atoms. The third-order valence-electron chi connectivity index (χ3n) is 6.88. The van der Waals surface area contributed by atoms with Crippen molar-refractivity contribution in [2.75, 3.05) is 24.4 Å². The number of nitrogens with zero attached hydrogens (tertiary/aromatic N) is 2. The molecule has 0 aliphatic heterocycles. The molecule has 0 fully saturated rings. The maximum atomic E-state index is 12.7. The van der Waals surface area contributed by atoms with Gasteiger partial charge < -0.3 is 20.1 Å². The molecule has 234 valence electrons. The molecule has 0 saturated carbocycles. The summed E-state index contributed by atoms with van der Waals surface area (Å²) < 4.78 is 12.1. The van der Waals surface area contributed by atoms with Crippen molar-refractivity contribution in [1.82, 2.24) is 10.4 Å². The zero-order chi connectivity index (χ0) is 32.6. The quantitative estimate of drug-likeness (QED) is 0.0721. The Morgan fingerprint density at radius 1 is 0.957 bits per heavy atom. The number of ether oxygens (including phenoxy) is 2. The third-order valence-corrected chi connectivity index (χ3v) is 8.44. The monoisotopic (exact) mass is 745 g/mol. The molecule has 0 radical (unpaired) electrons. The fraction of sp³-hybridized carbons (Fsp3) is 0.143. The van der Waals surface area contributed by atoms with Crippen LogP contribution in [0.1, 0.15) is 32.6 Å². The topological polar surface area (TPSA) is 114 Å². The van der Waals surface area contributed by atoms with Gasteiger partial charge in [-0.05, 0) is 97.0 Å². The van der Waals surface area contributed by atoms with E-state index in [2.05, 4.69) is 55.7 Å². The molecule has 0 atom stereocenters. The second kappa shape index (κ2) is 15.0. The second-order valence-electron chi connectivity index (χ2n) is 10.5. The average Bonchev–Trinajstić information content (AvgIpc) is 3.51. The van der Waals surface area contributed by atoms with Gasteiger partial charge in [0.15, 0.2) is 23.2 Å². The largest absolute Gasteiger partial charge is 0.493 e. The van der Waals surface area contributed by atoms with Crippen molar-refractivity contribution >= 4 is 68.5 Å². The number of thiazole rings is 1. The number of amides is 2. The molecule has 0 aliphatic rings. The van der Waals surface area contributed by atoms with Gasteiger partial charge in [0, 0.05) is 27.9 Å². The van der Waals surface area contributed by atoms with Gasteiger partial charge in [0.25, 0.3) is 11.8 Å². The highest BCUT2D eigenvalue weighted by molar-refractivity contribution is 14.1. The van der Waals surface area contributed by atoms with Crippen LogP contribution < -0.4 is 25.5 Å². The van der Waals surface area contributed by atoms with Gasteiger partial charge in [-0.3, -0.25) is 9.59 Å². The number of aromatic nitrogens is 1. The molecule has 2 amide bonds. The van der Waals surface area contributed by atoms with E-state index in [1.54, 1.807) is 18.2 Å². The zero-order valence-electron chi connectivity index (χ0n) is 25.7. The highest BCUT2D eigenvalue weighted by atomic mass is 127.